The van der Waals surface area contributed by atoms with Crippen molar-refractivity contribution in [3.63, 3.8) is 0 Å². The Balaban J connectivity index is 1.77. The fraction of sp³-hybridized carbons (Fsp3) is 0.333. The number of piperazine rings is 1. The lowest BCUT2D eigenvalue weighted by molar-refractivity contribution is 0.0516. The largest absolute Gasteiger partial charge is 0.507 e. The van der Waals surface area contributed by atoms with E-state index >= 15 is 0 Å². The number of pyridine rings is 1. The molecule has 2 aromatic carbocycles. The van der Waals surface area contributed by atoms with Crippen LogP contribution in [0, 0.1) is 0 Å². The van der Waals surface area contributed by atoms with Crippen molar-refractivity contribution in [2.45, 2.75) is 25.9 Å². The number of phenolic OH excluding ortho intramolecular Hbond substituents is 1. The molecular weight excluding hydrogens is 444 g/mol. The van der Waals surface area contributed by atoms with Gasteiger partial charge in [0.2, 0.25) is 0 Å². The Bertz CT molecular complexity index is 1340. The molecule has 3 heterocycles. The second-order valence-corrected chi connectivity index (χ2v) is 9.11. The minimum Gasteiger partial charge on any atom is -0.507 e. The van der Waals surface area contributed by atoms with Crippen LogP contribution >= 0.6 is 0 Å². The number of rotatable bonds is 6. The Kier molecular flexibility index (Phi) is 6.42. The maximum absolute atomic E-state index is 12.9. The smallest absolute Gasteiger partial charge is 0.343 e. The van der Waals surface area contributed by atoms with Crippen molar-refractivity contribution < 1.29 is 19.1 Å². The molecule has 1 aliphatic heterocycles. The number of phenols is 1. The normalized spacial score (nSPS) is 16.2. The zero-order valence-corrected chi connectivity index (χ0v) is 20.0. The highest BCUT2D eigenvalue weighted by molar-refractivity contribution is 6.16. The van der Waals surface area contributed by atoms with E-state index in [0.717, 1.165) is 37.1 Å². The second kappa shape index (κ2) is 9.65. The summed E-state index contributed by atoms with van der Waals surface area (Å²) in [6.45, 7) is 7.59. The molecule has 0 bridgehead atoms. The van der Waals surface area contributed by atoms with Crippen LogP contribution in [0.15, 0.2) is 59.5 Å². The number of nitrogens with two attached hydrogens (primary N) is 1. The highest BCUT2D eigenvalue weighted by Gasteiger charge is 2.34. The number of aromatic nitrogens is 1. The summed E-state index contributed by atoms with van der Waals surface area (Å²) in [6, 6.07) is 11.6. The lowest BCUT2D eigenvalue weighted by Crippen LogP contribution is -2.50. The van der Waals surface area contributed by atoms with E-state index in [0.29, 0.717) is 28.0 Å². The van der Waals surface area contributed by atoms with E-state index in [1.807, 2.05) is 36.4 Å². The molecule has 0 spiro atoms. The number of hydrogen-bond donors (Lipinski definition) is 2. The summed E-state index contributed by atoms with van der Waals surface area (Å²) < 4.78 is 11.1. The number of furan rings is 1. The monoisotopic (exact) mass is 474 g/mol. The molecule has 0 aliphatic carbocycles. The molecule has 35 heavy (non-hydrogen) atoms. The zero-order valence-electron chi connectivity index (χ0n) is 20.0. The van der Waals surface area contributed by atoms with Gasteiger partial charge in [0.05, 0.1) is 6.04 Å². The number of benzene rings is 2. The Labute approximate surface area is 203 Å². The second-order valence-electron chi connectivity index (χ2n) is 9.11. The van der Waals surface area contributed by atoms with Gasteiger partial charge in [-0.25, -0.2) is 4.79 Å². The van der Waals surface area contributed by atoms with Crippen LogP contribution in [0.4, 0.5) is 0 Å². The van der Waals surface area contributed by atoms with Crippen LogP contribution in [0.5, 0.6) is 5.75 Å². The van der Waals surface area contributed by atoms with E-state index in [4.69, 9.17) is 14.9 Å². The number of ether oxygens (including phenoxy) is 1. The molecule has 1 aliphatic rings. The third-order valence-corrected chi connectivity index (χ3v) is 6.92. The van der Waals surface area contributed by atoms with Crippen LogP contribution in [0.25, 0.3) is 21.7 Å². The number of nitrogens with zero attached hydrogens (tertiary/aromatic N) is 3. The van der Waals surface area contributed by atoms with Crippen molar-refractivity contribution in [1.82, 2.24) is 14.8 Å². The van der Waals surface area contributed by atoms with Crippen molar-refractivity contribution in [2.24, 2.45) is 5.73 Å². The first-order valence-corrected chi connectivity index (χ1v) is 11.9. The van der Waals surface area contributed by atoms with Gasteiger partial charge in [0.1, 0.15) is 29.9 Å². The van der Waals surface area contributed by atoms with Gasteiger partial charge in [-0.1, -0.05) is 24.3 Å². The van der Waals surface area contributed by atoms with Gasteiger partial charge in [0, 0.05) is 66.3 Å². The number of esters is 1. The molecule has 1 saturated heterocycles. The summed E-state index contributed by atoms with van der Waals surface area (Å²) in [5.41, 5.74) is 7.89. The zero-order chi connectivity index (χ0) is 24.5. The van der Waals surface area contributed by atoms with E-state index in [1.54, 1.807) is 12.4 Å². The van der Waals surface area contributed by atoms with E-state index in [1.165, 1.54) is 6.26 Å². The lowest BCUT2D eigenvalue weighted by atomic mass is 9.89. The highest BCUT2D eigenvalue weighted by atomic mass is 16.5. The standard InChI is InChI=1S/C27H30N4O4/c1-17(2)30-11-13-31(14-12-30)24(18-7-9-29-10-8-18)23-22-21(27(33)35-16-28)15-34-26(22)20-6-4-3-5-19(20)25(23)32/h3-10,15,17,24,32H,11-14,16,28H2,1-2H3. The SMILES string of the molecule is CC(C)N1CCN(C(c2ccncc2)c2c(O)c3ccccc3c3occ(C(=O)OCN)c23)CC1. The van der Waals surface area contributed by atoms with Crippen molar-refractivity contribution in [1.29, 1.82) is 0 Å². The number of fused-ring (bicyclic) bond motifs is 3. The predicted octanol–water partition coefficient (Wildman–Crippen LogP) is 3.88. The van der Waals surface area contributed by atoms with Gasteiger partial charge in [-0.15, -0.1) is 0 Å². The summed E-state index contributed by atoms with van der Waals surface area (Å²) in [4.78, 5) is 21.9. The molecule has 5 rings (SSSR count). The summed E-state index contributed by atoms with van der Waals surface area (Å²) in [5, 5.41) is 13.7. The van der Waals surface area contributed by atoms with Crippen molar-refractivity contribution in [3.8, 4) is 5.75 Å². The maximum atomic E-state index is 12.9. The average molecular weight is 475 g/mol. The summed E-state index contributed by atoms with van der Waals surface area (Å²) in [6.07, 6.45) is 4.90. The minimum absolute atomic E-state index is 0.129. The Hall–Kier alpha value is -3.46. The molecular formula is C27H30N4O4. The molecule has 1 atom stereocenters. The number of carbonyl (C=O) groups is 1. The number of aromatic hydroxyl groups is 1. The van der Waals surface area contributed by atoms with Crippen molar-refractivity contribution in [2.75, 3.05) is 32.9 Å². The molecule has 1 fully saturated rings. The fourth-order valence-corrected chi connectivity index (χ4v) is 5.16. The first-order valence-electron chi connectivity index (χ1n) is 11.9. The average Bonchev–Trinajstić information content (AvgIpc) is 3.32. The first kappa shape index (κ1) is 23.3. The van der Waals surface area contributed by atoms with Crippen LogP contribution in [0.2, 0.25) is 0 Å². The molecule has 0 amide bonds. The van der Waals surface area contributed by atoms with Crippen LogP contribution < -0.4 is 5.73 Å². The Morgan fingerprint density at radius 2 is 1.74 bits per heavy atom. The Morgan fingerprint density at radius 3 is 2.40 bits per heavy atom. The van der Waals surface area contributed by atoms with E-state index < -0.39 is 5.97 Å². The van der Waals surface area contributed by atoms with Gasteiger partial charge in [0.15, 0.2) is 0 Å². The molecule has 0 radical (unpaired) electrons. The van der Waals surface area contributed by atoms with Crippen LogP contribution in [0.3, 0.4) is 0 Å². The van der Waals surface area contributed by atoms with Crippen LogP contribution in [-0.4, -0.2) is 64.8 Å². The Morgan fingerprint density at radius 1 is 1.09 bits per heavy atom. The maximum Gasteiger partial charge on any atom is 0.343 e. The van der Waals surface area contributed by atoms with Gasteiger partial charge >= 0.3 is 5.97 Å². The molecule has 1 unspecified atom stereocenters. The topological polar surface area (TPSA) is 105 Å². The highest BCUT2D eigenvalue weighted by Crippen LogP contribution is 2.46. The molecule has 4 aromatic rings. The molecule has 0 saturated carbocycles. The van der Waals surface area contributed by atoms with Crippen LogP contribution in [-0.2, 0) is 4.74 Å². The van der Waals surface area contributed by atoms with Gasteiger partial charge in [0.25, 0.3) is 0 Å². The molecule has 8 nitrogen and oxygen atoms in total. The van der Waals surface area contributed by atoms with Crippen LogP contribution in [0.1, 0.15) is 41.4 Å². The first-order chi connectivity index (χ1) is 17.0. The lowest BCUT2D eigenvalue weighted by Gasteiger charge is -2.41. The van der Waals surface area contributed by atoms with Crippen molar-refractivity contribution in [3.05, 3.63) is 71.7 Å². The predicted molar refractivity (Wildman–Crippen MR) is 134 cm³/mol. The summed E-state index contributed by atoms with van der Waals surface area (Å²) in [5.74, 6) is -0.454. The molecule has 182 valence electrons. The van der Waals surface area contributed by atoms with E-state index in [-0.39, 0.29) is 24.1 Å². The minimum atomic E-state index is -0.583. The van der Waals surface area contributed by atoms with E-state index in [9.17, 15) is 9.90 Å². The van der Waals surface area contributed by atoms with Crippen molar-refractivity contribution >= 4 is 27.7 Å². The van der Waals surface area contributed by atoms with Gasteiger partial charge in [-0.05, 0) is 31.5 Å². The summed E-state index contributed by atoms with van der Waals surface area (Å²) >= 11 is 0. The number of carbonyl (C=O) groups excluding carboxylic acids is 1. The molecule has 3 N–H and O–H groups in total. The molecule has 2 aromatic heterocycles. The summed E-state index contributed by atoms with van der Waals surface area (Å²) in [7, 11) is 0. The quantitative estimate of drug-likeness (QED) is 0.321. The fourth-order valence-electron chi connectivity index (χ4n) is 5.16. The van der Waals surface area contributed by atoms with E-state index in [2.05, 4.69) is 28.6 Å². The third kappa shape index (κ3) is 4.14. The molecule has 8 heteroatoms. The third-order valence-electron chi connectivity index (χ3n) is 6.92. The van der Waals surface area contributed by atoms with Gasteiger partial charge < -0.3 is 14.3 Å². The number of hydrogen-bond acceptors (Lipinski definition) is 8. The van der Waals surface area contributed by atoms with Gasteiger partial charge in [-0.2, -0.15) is 0 Å². The van der Waals surface area contributed by atoms with Gasteiger partial charge in [-0.3, -0.25) is 20.5 Å².